The summed E-state index contributed by atoms with van der Waals surface area (Å²) >= 11 is 0.885. The first-order valence-corrected chi connectivity index (χ1v) is 4.46. The van der Waals surface area contributed by atoms with E-state index in [0.29, 0.717) is 6.61 Å². The number of hydrogen-bond donors (Lipinski definition) is 1. The summed E-state index contributed by atoms with van der Waals surface area (Å²) in [6.45, 7) is 2.13. The summed E-state index contributed by atoms with van der Waals surface area (Å²) in [4.78, 5) is 19.1. The van der Waals surface area contributed by atoms with E-state index >= 15 is 0 Å². The molecule has 0 amide bonds. The lowest BCUT2D eigenvalue weighted by Gasteiger charge is -1.92. The number of rotatable bonds is 4. The number of carbonyl (C=O) groups is 1. The summed E-state index contributed by atoms with van der Waals surface area (Å²) in [6, 6.07) is 0. The number of carbonyl (C=O) groups excluding carboxylic acids is 1. The molecule has 0 spiro atoms. The summed E-state index contributed by atoms with van der Waals surface area (Å²) < 4.78 is 8.30. The number of nitrogens with two attached hydrogens (primary N) is 1. The van der Waals surface area contributed by atoms with Crippen molar-refractivity contribution in [3.8, 4) is 5.19 Å². The molecule has 1 heterocycles. The molecule has 0 saturated carbocycles. The molecule has 76 valence electrons. The van der Waals surface area contributed by atoms with Crippen LogP contribution in [-0.4, -0.2) is 28.1 Å². The van der Waals surface area contributed by atoms with Gasteiger partial charge in [-0.1, -0.05) is 5.16 Å². The van der Waals surface area contributed by atoms with Gasteiger partial charge in [-0.15, -0.1) is 0 Å². The molecular formula is C6H8N4O3S. The monoisotopic (exact) mass is 216 g/mol. The van der Waals surface area contributed by atoms with Gasteiger partial charge in [0, 0.05) is 11.5 Å². The fourth-order valence-electron chi connectivity index (χ4n) is 0.529. The highest BCUT2D eigenvalue weighted by atomic mass is 32.1. The van der Waals surface area contributed by atoms with Crippen LogP contribution < -0.4 is 10.5 Å². The Morgan fingerprint density at radius 1 is 1.79 bits per heavy atom. The second kappa shape index (κ2) is 5.12. The first-order chi connectivity index (χ1) is 6.72. The Bertz CT molecular complexity index is 338. The third-order valence-corrected chi connectivity index (χ3v) is 1.58. The third kappa shape index (κ3) is 3.35. The second-order valence-corrected chi connectivity index (χ2v) is 2.71. The average molecular weight is 216 g/mol. The Labute approximate surface area is 83.7 Å². The molecule has 1 aromatic heterocycles. The fraction of sp³-hybridized carbons (Fsp3) is 0.333. The van der Waals surface area contributed by atoms with Crippen molar-refractivity contribution < 1.29 is 14.4 Å². The molecule has 1 aromatic rings. The van der Waals surface area contributed by atoms with Gasteiger partial charge in [-0.2, -0.15) is 9.36 Å². The van der Waals surface area contributed by atoms with Crippen LogP contribution in [0.3, 0.4) is 0 Å². The molecule has 1 rings (SSSR count). The van der Waals surface area contributed by atoms with Crippen molar-refractivity contribution in [3.63, 3.8) is 0 Å². The van der Waals surface area contributed by atoms with E-state index in [1.165, 1.54) is 0 Å². The number of aromatic nitrogens is 2. The Kier molecular flexibility index (Phi) is 3.80. The molecule has 0 radical (unpaired) electrons. The zero-order valence-corrected chi connectivity index (χ0v) is 8.15. The maximum absolute atomic E-state index is 10.9. The van der Waals surface area contributed by atoms with Crippen LogP contribution in [0.25, 0.3) is 0 Å². The smallest absolute Gasteiger partial charge is 0.360 e. The van der Waals surface area contributed by atoms with E-state index in [1.54, 1.807) is 6.92 Å². The minimum atomic E-state index is -0.686. The largest absolute Gasteiger partial charge is 0.396 e. The lowest BCUT2D eigenvalue weighted by molar-refractivity contribution is -0.126. The SMILES string of the molecule is CCO/N=C\C(=O)Oc1nc(N)ns1. The summed E-state index contributed by atoms with van der Waals surface area (Å²) in [6.07, 6.45) is 0.904. The molecule has 0 aliphatic heterocycles. The molecule has 0 aromatic carbocycles. The van der Waals surface area contributed by atoms with Crippen molar-refractivity contribution in [1.82, 2.24) is 9.36 Å². The molecule has 0 saturated heterocycles. The molecule has 0 atom stereocenters. The predicted molar refractivity (Wildman–Crippen MR) is 50.1 cm³/mol. The quantitative estimate of drug-likeness (QED) is 0.433. The first kappa shape index (κ1) is 10.4. The van der Waals surface area contributed by atoms with Crippen molar-refractivity contribution in [2.75, 3.05) is 12.3 Å². The van der Waals surface area contributed by atoms with Gasteiger partial charge in [-0.05, 0) is 6.92 Å². The third-order valence-electron chi connectivity index (χ3n) is 0.973. The van der Waals surface area contributed by atoms with Gasteiger partial charge in [0.05, 0.1) is 0 Å². The summed E-state index contributed by atoms with van der Waals surface area (Å²) in [5, 5.41) is 3.40. The predicted octanol–water partition coefficient (Wildman–Crippen LogP) is 0.0480. The van der Waals surface area contributed by atoms with Gasteiger partial charge >= 0.3 is 11.2 Å². The summed E-state index contributed by atoms with van der Waals surface area (Å²) in [5.74, 6) is -0.617. The lowest BCUT2D eigenvalue weighted by atomic mass is 10.8. The number of nitrogens with zero attached hydrogens (tertiary/aromatic N) is 3. The molecule has 0 aliphatic carbocycles. The van der Waals surface area contributed by atoms with Crippen molar-refractivity contribution in [3.05, 3.63) is 0 Å². The minimum Gasteiger partial charge on any atom is -0.396 e. The number of ether oxygens (including phenoxy) is 1. The highest BCUT2D eigenvalue weighted by Crippen LogP contribution is 2.14. The van der Waals surface area contributed by atoms with Gasteiger partial charge in [0.2, 0.25) is 5.95 Å². The topological polar surface area (TPSA) is 99.7 Å². The number of nitrogen functional groups attached to an aromatic ring is 1. The first-order valence-electron chi connectivity index (χ1n) is 3.68. The second-order valence-electron chi connectivity index (χ2n) is 1.99. The van der Waals surface area contributed by atoms with E-state index in [0.717, 1.165) is 17.7 Å². The standard InChI is InChI=1S/C6H8N4O3S/c1-2-12-8-3-4(11)13-6-9-5(7)10-14-6/h3H,2H2,1H3,(H2,7,10)/b8-3-. The van der Waals surface area contributed by atoms with E-state index in [-0.39, 0.29) is 11.1 Å². The Balaban J connectivity index is 2.41. The normalized spacial score (nSPS) is 10.4. The van der Waals surface area contributed by atoms with Crippen LogP contribution in [0.4, 0.5) is 5.95 Å². The van der Waals surface area contributed by atoms with Crippen LogP contribution in [0.2, 0.25) is 0 Å². The minimum absolute atomic E-state index is 0.0690. The highest BCUT2D eigenvalue weighted by molar-refractivity contribution is 7.07. The number of oxime groups is 1. The van der Waals surface area contributed by atoms with Gasteiger partial charge in [0.25, 0.3) is 0 Å². The molecule has 8 heteroatoms. The van der Waals surface area contributed by atoms with Crippen LogP contribution in [0.1, 0.15) is 6.92 Å². The van der Waals surface area contributed by atoms with Gasteiger partial charge in [0.15, 0.2) is 6.21 Å². The van der Waals surface area contributed by atoms with Crippen molar-refractivity contribution in [2.45, 2.75) is 6.92 Å². The zero-order valence-electron chi connectivity index (χ0n) is 7.34. The number of anilines is 1. The fourth-order valence-corrected chi connectivity index (χ4v) is 0.995. The van der Waals surface area contributed by atoms with E-state index < -0.39 is 5.97 Å². The number of esters is 1. The van der Waals surface area contributed by atoms with Crippen LogP contribution >= 0.6 is 11.5 Å². The molecule has 14 heavy (non-hydrogen) atoms. The van der Waals surface area contributed by atoms with Gasteiger partial charge in [-0.25, -0.2) is 4.79 Å². The van der Waals surface area contributed by atoms with Crippen LogP contribution in [0.15, 0.2) is 5.16 Å². The Hall–Kier alpha value is -1.70. The molecule has 7 nitrogen and oxygen atoms in total. The van der Waals surface area contributed by atoms with Gasteiger partial charge < -0.3 is 15.3 Å². The average Bonchev–Trinajstić information content (AvgIpc) is 2.52. The summed E-state index contributed by atoms with van der Waals surface area (Å²) in [5.41, 5.74) is 5.21. The van der Waals surface area contributed by atoms with Crippen molar-refractivity contribution in [1.29, 1.82) is 0 Å². The lowest BCUT2D eigenvalue weighted by Crippen LogP contribution is -2.09. The van der Waals surface area contributed by atoms with E-state index in [9.17, 15) is 4.79 Å². The van der Waals surface area contributed by atoms with Gasteiger partial charge in [-0.3, -0.25) is 0 Å². The van der Waals surface area contributed by atoms with E-state index in [1.807, 2.05) is 0 Å². The van der Waals surface area contributed by atoms with Crippen LogP contribution in [0, 0.1) is 0 Å². The van der Waals surface area contributed by atoms with Crippen molar-refractivity contribution >= 4 is 29.7 Å². The zero-order chi connectivity index (χ0) is 10.4. The Morgan fingerprint density at radius 3 is 3.14 bits per heavy atom. The maximum atomic E-state index is 10.9. The summed E-state index contributed by atoms with van der Waals surface area (Å²) in [7, 11) is 0. The molecule has 2 N–H and O–H groups in total. The van der Waals surface area contributed by atoms with E-state index in [2.05, 4.69) is 24.1 Å². The van der Waals surface area contributed by atoms with Gasteiger partial charge in [0.1, 0.15) is 6.61 Å². The van der Waals surface area contributed by atoms with Crippen LogP contribution in [-0.2, 0) is 9.63 Å². The molecule has 0 bridgehead atoms. The molecule has 0 unspecified atom stereocenters. The van der Waals surface area contributed by atoms with Crippen molar-refractivity contribution in [2.24, 2.45) is 5.16 Å². The van der Waals surface area contributed by atoms with E-state index in [4.69, 9.17) is 5.73 Å². The molecule has 0 aliphatic rings. The Morgan fingerprint density at radius 2 is 2.57 bits per heavy atom. The van der Waals surface area contributed by atoms with Crippen LogP contribution in [0.5, 0.6) is 5.19 Å². The highest BCUT2D eigenvalue weighted by Gasteiger charge is 2.06. The number of hydrogen-bond acceptors (Lipinski definition) is 8. The molecule has 0 fully saturated rings. The molecular weight excluding hydrogens is 208 g/mol. The maximum Gasteiger partial charge on any atom is 0.360 e.